The minimum absolute atomic E-state index is 0.512. The number of hydrogen-bond donors (Lipinski definition) is 1. The maximum Gasteiger partial charge on any atom is 0.0643 e. The lowest BCUT2D eigenvalue weighted by molar-refractivity contribution is -0.00578. The molecule has 1 aromatic rings. The van der Waals surface area contributed by atoms with Crippen LogP contribution in [0, 0.1) is 0 Å². The molecule has 0 radical (unpaired) electrons. The molecule has 4 heteroatoms. The van der Waals surface area contributed by atoms with Crippen LogP contribution in [-0.4, -0.2) is 19.3 Å². The topological polar surface area (TPSA) is 21.3 Å². The lowest BCUT2D eigenvalue weighted by Gasteiger charge is -2.27. The first-order valence-electron chi connectivity index (χ1n) is 4.51. The third kappa shape index (κ3) is 2.48. The average Bonchev–Trinajstić information content (AvgIpc) is 2.08. The Kier molecular flexibility index (Phi) is 3.44. The fraction of sp³-hybridized carbons (Fsp3) is 0.400. The van der Waals surface area contributed by atoms with Crippen LogP contribution in [0.3, 0.4) is 0 Å². The summed E-state index contributed by atoms with van der Waals surface area (Å²) in [6.45, 7) is 2.50. The summed E-state index contributed by atoms with van der Waals surface area (Å²) in [6, 6.07) is 6.51. The van der Waals surface area contributed by atoms with Gasteiger partial charge in [0, 0.05) is 11.0 Å². The van der Waals surface area contributed by atoms with Crippen molar-refractivity contribution >= 4 is 27.5 Å². The van der Waals surface area contributed by atoms with E-state index in [4.69, 9.17) is 16.3 Å². The number of hydrogen-bond acceptors (Lipinski definition) is 2. The van der Waals surface area contributed by atoms with Gasteiger partial charge in [-0.2, -0.15) is 0 Å². The number of halogens is 2. The summed E-state index contributed by atoms with van der Waals surface area (Å²) >= 11 is 9.34. The normalized spacial score (nSPS) is 16.7. The monoisotopic (exact) mass is 275 g/mol. The molecule has 1 aromatic carbocycles. The Labute approximate surface area is 96.7 Å². The molecule has 14 heavy (non-hydrogen) atoms. The third-order valence-corrected chi connectivity index (χ3v) is 3.45. The van der Waals surface area contributed by atoms with Crippen molar-refractivity contribution in [3.8, 4) is 0 Å². The second kappa shape index (κ2) is 4.62. The van der Waals surface area contributed by atoms with Gasteiger partial charge in [-0.1, -0.05) is 17.7 Å². The highest BCUT2D eigenvalue weighted by Gasteiger charge is 2.16. The molecule has 0 aromatic heterocycles. The second-order valence-electron chi connectivity index (χ2n) is 3.36. The molecule has 0 aliphatic carbocycles. The summed E-state index contributed by atoms with van der Waals surface area (Å²) in [5.41, 5.74) is 1.20. The molecule has 0 amide bonds. The first-order valence-corrected chi connectivity index (χ1v) is 5.68. The Bertz CT molecular complexity index is 328. The van der Waals surface area contributed by atoms with Crippen molar-refractivity contribution in [2.24, 2.45) is 0 Å². The Morgan fingerprint density at radius 1 is 1.50 bits per heavy atom. The van der Waals surface area contributed by atoms with Crippen LogP contribution in [0.2, 0.25) is 5.02 Å². The van der Waals surface area contributed by atoms with Gasteiger partial charge in [-0.3, -0.25) is 0 Å². The zero-order valence-corrected chi connectivity index (χ0v) is 9.94. The fourth-order valence-corrected chi connectivity index (χ4v) is 1.72. The summed E-state index contributed by atoms with van der Waals surface area (Å²) in [7, 11) is 0. The molecule has 1 saturated heterocycles. The van der Waals surface area contributed by atoms with E-state index in [1.165, 1.54) is 5.56 Å². The predicted octanol–water partition coefficient (Wildman–Crippen LogP) is 2.59. The quantitative estimate of drug-likeness (QED) is 0.916. The number of nitrogens with one attached hydrogen (secondary N) is 1. The molecule has 2 rings (SSSR count). The van der Waals surface area contributed by atoms with Crippen molar-refractivity contribution in [1.82, 2.24) is 5.32 Å². The first-order chi connectivity index (χ1) is 6.75. The molecule has 1 aliphatic rings. The molecule has 1 aliphatic heterocycles. The molecule has 0 spiro atoms. The van der Waals surface area contributed by atoms with Gasteiger partial charge in [0.15, 0.2) is 0 Å². The van der Waals surface area contributed by atoms with E-state index in [0.717, 1.165) is 29.3 Å². The average molecular weight is 277 g/mol. The highest BCUT2D eigenvalue weighted by Crippen LogP contribution is 2.23. The molecule has 1 heterocycles. The molecule has 1 N–H and O–H groups in total. The minimum atomic E-state index is 0.512. The van der Waals surface area contributed by atoms with Gasteiger partial charge in [-0.25, -0.2) is 0 Å². The summed E-state index contributed by atoms with van der Waals surface area (Å²) in [5, 5.41) is 4.14. The van der Waals surface area contributed by atoms with E-state index in [9.17, 15) is 0 Å². The minimum Gasteiger partial charge on any atom is -0.378 e. The van der Waals surface area contributed by atoms with E-state index in [1.807, 2.05) is 12.1 Å². The third-order valence-electron chi connectivity index (χ3n) is 2.22. The van der Waals surface area contributed by atoms with Crippen molar-refractivity contribution in [3.05, 3.63) is 33.3 Å². The van der Waals surface area contributed by atoms with Crippen molar-refractivity contribution in [3.63, 3.8) is 0 Å². The molecule has 0 bridgehead atoms. The van der Waals surface area contributed by atoms with E-state index in [0.29, 0.717) is 6.04 Å². The number of ether oxygens (including phenoxy) is 1. The van der Waals surface area contributed by atoms with Crippen LogP contribution in [0.5, 0.6) is 0 Å². The van der Waals surface area contributed by atoms with Crippen LogP contribution < -0.4 is 5.32 Å². The van der Waals surface area contributed by atoms with Crippen LogP contribution in [-0.2, 0) is 11.3 Å². The Morgan fingerprint density at radius 2 is 2.29 bits per heavy atom. The van der Waals surface area contributed by atoms with E-state index in [1.54, 1.807) is 0 Å². The van der Waals surface area contributed by atoms with Crippen molar-refractivity contribution in [2.45, 2.75) is 12.6 Å². The van der Waals surface area contributed by atoms with Gasteiger partial charge < -0.3 is 10.1 Å². The summed E-state index contributed by atoms with van der Waals surface area (Å²) in [4.78, 5) is 0. The smallest absolute Gasteiger partial charge is 0.0643 e. The van der Waals surface area contributed by atoms with Gasteiger partial charge in [0.05, 0.1) is 24.3 Å². The molecular formula is C10H11BrClNO. The lowest BCUT2D eigenvalue weighted by Crippen LogP contribution is -2.45. The fourth-order valence-electron chi connectivity index (χ4n) is 1.27. The highest BCUT2D eigenvalue weighted by atomic mass is 79.9. The zero-order chi connectivity index (χ0) is 9.97. The Morgan fingerprint density at radius 3 is 2.86 bits per heavy atom. The molecule has 0 saturated carbocycles. The van der Waals surface area contributed by atoms with Crippen molar-refractivity contribution < 1.29 is 4.74 Å². The Hall–Kier alpha value is -0.0900. The van der Waals surface area contributed by atoms with Gasteiger partial charge >= 0.3 is 0 Å². The predicted molar refractivity (Wildman–Crippen MR) is 60.6 cm³/mol. The molecule has 0 atom stereocenters. The molecule has 0 unspecified atom stereocenters. The maximum atomic E-state index is 5.98. The Balaban J connectivity index is 1.91. The highest BCUT2D eigenvalue weighted by molar-refractivity contribution is 9.10. The maximum absolute atomic E-state index is 5.98. The first kappa shape index (κ1) is 10.4. The van der Waals surface area contributed by atoms with Gasteiger partial charge in [-0.05, 0) is 33.6 Å². The molecule has 76 valence electrons. The summed E-state index contributed by atoms with van der Waals surface area (Å²) in [5.74, 6) is 0. The SMILES string of the molecule is Clc1cc(CNC2COC2)ccc1Br. The molecule has 1 fully saturated rings. The van der Waals surface area contributed by atoms with Gasteiger partial charge in [0.25, 0.3) is 0 Å². The summed E-state index contributed by atoms with van der Waals surface area (Å²) in [6.07, 6.45) is 0. The number of benzene rings is 1. The lowest BCUT2D eigenvalue weighted by atomic mass is 10.2. The zero-order valence-electron chi connectivity index (χ0n) is 7.59. The largest absolute Gasteiger partial charge is 0.378 e. The van der Waals surface area contributed by atoms with Crippen LogP contribution in [0.25, 0.3) is 0 Å². The van der Waals surface area contributed by atoms with Gasteiger partial charge in [0.1, 0.15) is 0 Å². The second-order valence-corrected chi connectivity index (χ2v) is 4.63. The van der Waals surface area contributed by atoms with Crippen molar-refractivity contribution in [2.75, 3.05) is 13.2 Å². The van der Waals surface area contributed by atoms with Crippen molar-refractivity contribution in [1.29, 1.82) is 0 Å². The van der Waals surface area contributed by atoms with Crippen LogP contribution >= 0.6 is 27.5 Å². The molecular weight excluding hydrogens is 265 g/mol. The van der Waals surface area contributed by atoms with E-state index < -0.39 is 0 Å². The van der Waals surface area contributed by atoms with Gasteiger partial charge in [-0.15, -0.1) is 0 Å². The summed E-state index contributed by atoms with van der Waals surface area (Å²) < 4.78 is 6.01. The molecule has 2 nitrogen and oxygen atoms in total. The number of rotatable bonds is 3. The van der Waals surface area contributed by atoms with E-state index in [2.05, 4.69) is 27.3 Å². The van der Waals surface area contributed by atoms with E-state index >= 15 is 0 Å². The van der Waals surface area contributed by atoms with Crippen LogP contribution in [0.4, 0.5) is 0 Å². The standard InChI is InChI=1S/C10H11BrClNO/c11-9-2-1-7(3-10(9)12)4-13-8-5-14-6-8/h1-3,8,13H,4-6H2. The van der Waals surface area contributed by atoms with Gasteiger partial charge in [0.2, 0.25) is 0 Å². The van der Waals surface area contributed by atoms with E-state index in [-0.39, 0.29) is 0 Å². The van der Waals surface area contributed by atoms with Crippen LogP contribution in [0.1, 0.15) is 5.56 Å². The van der Waals surface area contributed by atoms with Crippen LogP contribution in [0.15, 0.2) is 22.7 Å².